The van der Waals surface area contributed by atoms with Crippen LogP contribution < -0.4 is 21.2 Å². The van der Waals surface area contributed by atoms with Gasteiger partial charge in [0.1, 0.15) is 20.4 Å². The van der Waals surface area contributed by atoms with Crippen molar-refractivity contribution in [1.82, 2.24) is 0 Å². The van der Waals surface area contributed by atoms with E-state index in [-0.39, 0.29) is 23.9 Å². The second-order valence-electron chi connectivity index (χ2n) is 12.3. The van der Waals surface area contributed by atoms with E-state index in [4.69, 9.17) is 16.4 Å². The van der Waals surface area contributed by atoms with Gasteiger partial charge in [-0.25, -0.2) is 0 Å². The van der Waals surface area contributed by atoms with Crippen molar-refractivity contribution < 1.29 is 14.0 Å². The van der Waals surface area contributed by atoms with Gasteiger partial charge in [0.15, 0.2) is 0 Å². The number of fused-ring (bicyclic) bond motifs is 5. The fourth-order valence-electron chi connectivity index (χ4n) is 8.40. The van der Waals surface area contributed by atoms with Crippen LogP contribution in [0.3, 0.4) is 0 Å². The third-order valence-corrected chi connectivity index (χ3v) is 18.0. The molecule has 2 bridgehead atoms. The van der Waals surface area contributed by atoms with Gasteiger partial charge in [0, 0.05) is 49.4 Å². The van der Waals surface area contributed by atoms with Crippen LogP contribution in [0.25, 0.3) is 0 Å². The zero-order valence-corrected chi connectivity index (χ0v) is 27.0. The third kappa shape index (κ3) is 4.45. The molecular formula is C38H32ClNO3P2. The van der Waals surface area contributed by atoms with Crippen LogP contribution in [0.1, 0.15) is 12.0 Å². The van der Waals surface area contributed by atoms with Crippen molar-refractivity contribution in [2.24, 2.45) is 22.9 Å². The smallest absolute Gasteiger partial charge is 0.147 e. The minimum atomic E-state index is -3.39. The zero-order chi connectivity index (χ0) is 30.6. The molecule has 7 heteroatoms. The van der Waals surface area contributed by atoms with E-state index in [1.54, 1.807) is 0 Å². The summed E-state index contributed by atoms with van der Waals surface area (Å²) < 4.78 is 32.7. The second kappa shape index (κ2) is 11.3. The lowest BCUT2D eigenvalue weighted by atomic mass is 9.80. The first-order valence-electron chi connectivity index (χ1n) is 15.4. The minimum Gasteiger partial charge on any atom is -0.391 e. The minimum absolute atomic E-state index is 0.0612. The molecule has 0 spiro atoms. The normalized spacial score (nSPS) is 25.4. The molecule has 0 radical (unpaired) electrons. The average Bonchev–Trinajstić information content (AvgIpc) is 3.82. The van der Waals surface area contributed by atoms with Crippen molar-refractivity contribution in [2.45, 2.75) is 23.8 Å². The maximum atomic E-state index is 16.4. The highest BCUT2D eigenvalue weighted by Crippen LogP contribution is 2.73. The summed E-state index contributed by atoms with van der Waals surface area (Å²) in [7, 11) is -6.76. The van der Waals surface area contributed by atoms with Crippen molar-refractivity contribution in [3.05, 3.63) is 156 Å². The van der Waals surface area contributed by atoms with Crippen molar-refractivity contribution in [3.8, 4) is 0 Å². The van der Waals surface area contributed by atoms with E-state index in [0.29, 0.717) is 5.02 Å². The first-order chi connectivity index (χ1) is 22.0. The molecule has 0 aromatic heterocycles. The van der Waals surface area contributed by atoms with Crippen LogP contribution >= 0.6 is 25.9 Å². The monoisotopic (exact) mass is 647 g/mol. The van der Waals surface area contributed by atoms with E-state index < -0.39 is 25.6 Å². The highest BCUT2D eigenvalue weighted by atomic mass is 35.5. The van der Waals surface area contributed by atoms with Crippen LogP contribution in [-0.4, -0.2) is 23.1 Å². The second-order valence-corrected chi connectivity index (χ2v) is 18.6. The Morgan fingerprint density at radius 3 is 1.38 bits per heavy atom. The Hall–Kier alpha value is -3.68. The Balaban J connectivity index is 1.38. The Morgan fingerprint density at radius 2 is 0.956 bits per heavy atom. The van der Waals surface area contributed by atoms with Crippen molar-refractivity contribution in [1.29, 1.82) is 0 Å². The third-order valence-electron chi connectivity index (χ3n) is 10.1. The van der Waals surface area contributed by atoms with Crippen molar-refractivity contribution >= 4 is 52.8 Å². The van der Waals surface area contributed by atoms with E-state index in [1.807, 2.05) is 146 Å². The van der Waals surface area contributed by atoms with E-state index in [1.165, 1.54) is 0 Å². The molecule has 0 saturated heterocycles. The highest BCUT2D eigenvalue weighted by Gasteiger charge is 2.70. The SMILES string of the molecule is O=P(c1ccccc1)(c1ccccc1)[C@@H]1[C@H]2C[C@@H]([C@@H]3C(c4ccc(Cl)cc4)=NO[C@H]23)[C@@H]1P(=O)(c1ccccc1)c1ccccc1. The molecule has 45 heavy (non-hydrogen) atoms. The molecule has 3 aliphatic rings. The number of rotatable bonds is 7. The van der Waals surface area contributed by atoms with E-state index >= 15 is 9.13 Å². The molecule has 5 aromatic rings. The summed E-state index contributed by atoms with van der Waals surface area (Å²) in [6.45, 7) is 0. The van der Waals surface area contributed by atoms with Gasteiger partial charge < -0.3 is 14.0 Å². The Kier molecular flexibility index (Phi) is 7.22. The van der Waals surface area contributed by atoms with Crippen LogP contribution in [0.15, 0.2) is 151 Å². The number of hydrogen-bond donors (Lipinski definition) is 0. The van der Waals surface area contributed by atoms with Gasteiger partial charge in [-0.05, 0) is 30.0 Å². The molecule has 4 nitrogen and oxygen atoms in total. The van der Waals surface area contributed by atoms with Crippen molar-refractivity contribution in [2.75, 3.05) is 0 Å². The number of benzene rings is 5. The lowest BCUT2D eigenvalue weighted by Gasteiger charge is -2.44. The molecule has 1 heterocycles. The molecule has 0 N–H and O–H groups in total. The summed E-state index contributed by atoms with van der Waals surface area (Å²) in [5.41, 5.74) is 1.01. The summed E-state index contributed by atoms with van der Waals surface area (Å²) in [6, 6.07) is 47.1. The summed E-state index contributed by atoms with van der Waals surface area (Å²) in [5, 5.41) is 8.52. The first kappa shape index (κ1) is 28.8. The average molecular weight is 648 g/mol. The van der Waals surface area contributed by atoms with Gasteiger partial charge in [0.25, 0.3) is 0 Å². The fourth-order valence-corrected chi connectivity index (χ4v) is 17.1. The van der Waals surface area contributed by atoms with Gasteiger partial charge in [-0.1, -0.05) is 150 Å². The summed E-state index contributed by atoms with van der Waals surface area (Å²) in [5.74, 6) is -0.238. The van der Waals surface area contributed by atoms with Crippen molar-refractivity contribution in [3.63, 3.8) is 0 Å². The van der Waals surface area contributed by atoms with E-state index in [9.17, 15) is 0 Å². The Morgan fingerprint density at radius 1 is 0.556 bits per heavy atom. The number of nitrogens with zero attached hydrogens (tertiary/aromatic N) is 1. The molecule has 0 amide bonds. The maximum absolute atomic E-state index is 16.4. The summed E-state index contributed by atoms with van der Waals surface area (Å²) in [4.78, 5) is 6.32. The van der Waals surface area contributed by atoms with Crippen LogP contribution in [0.5, 0.6) is 0 Å². The lowest BCUT2D eigenvalue weighted by Crippen LogP contribution is -2.50. The number of hydrogen-bond acceptors (Lipinski definition) is 4. The molecule has 224 valence electrons. The molecular weight excluding hydrogens is 616 g/mol. The Bertz CT molecular complexity index is 1870. The predicted octanol–water partition coefficient (Wildman–Crippen LogP) is 7.47. The highest BCUT2D eigenvalue weighted by molar-refractivity contribution is 7.83. The predicted molar refractivity (Wildman–Crippen MR) is 185 cm³/mol. The van der Waals surface area contributed by atoms with Crippen LogP contribution in [0.4, 0.5) is 0 Å². The number of oxime groups is 1. The van der Waals surface area contributed by atoms with Gasteiger partial charge in [-0.3, -0.25) is 0 Å². The van der Waals surface area contributed by atoms with Crippen LogP contribution in [-0.2, 0) is 14.0 Å². The Labute approximate surface area is 268 Å². The van der Waals surface area contributed by atoms with E-state index in [0.717, 1.165) is 38.9 Å². The molecule has 5 aromatic carbocycles. The molecule has 1 aliphatic heterocycles. The molecule has 8 rings (SSSR count). The lowest BCUT2D eigenvalue weighted by molar-refractivity contribution is 0.0293. The summed E-state index contributed by atoms with van der Waals surface area (Å²) in [6.07, 6.45) is 0.521. The summed E-state index contributed by atoms with van der Waals surface area (Å²) >= 11 is 6.26. The topological polar surface area (TPSA) is 55.7 Å². The molecule has 2 aliphatic carbocycles. The maximum Gasteiger partial charge on any atom is 0.147 e. The van der Waals surface area contributed by atoms with Gasteiger partial charge in [0.05, 0.1) is 5.71 Å². The van der Waals surface area contributed by atoms with Gasteiger partial charge in [-0.15, -0.1) is 0 Å². The van der Waals surface area contributed by atoms with Crippen LogP contribution in [0.2, 0.25) is 5.02 Å². The molecule has 0 unspecified atom stereocenters. The molecule has 6 atom stereocenters. The first-order valence-corrected chi connectivity index (χ1v) is 19.4. The standard InChI is InChI=1S/C38H32ClNO3P2/c39-27-23-21-26(22-24-27)35-34-32-25-33(36(34)43-40-35)38(45(42,30-17-9-3-10-18-30)31-19-11-4-12-20-31)37(32)44(41,28-13-5-1-6-14-28)29-15-7-2-8-16-29/h1-24,32-34,36-38H,25H2/t32-,33-,34+,36+,37-,38+/m0/s1. The van der Waals surface area contributed by atoms with E-state index in [2.05, 4.69) is 5.16 Å². The fraction of sp³-hybridized carbons (Fsp3) is 0.184. The van der Waals surface area contributed by atoms with Gasteiger partial charge in [0.2, 0.25) is 0 Å². The zero-order valence-electron chi connectivity index (χ0n) is 24.5. The molecule has 2 saturated carbocycles. The van der Waals surface area contributed by atoms with Gasteiger partial charge in [-0.2, -0.15) is 0 Å². The quantitative estimate of drug-likeness (QED) is 0.172. The largest absolute Gasteiger partial charge is 0.391 e. The van der Waals surface area contributed by atoms with Crippen LogP contribution in [0, 0.1) is 17.8 Å². The molecule has 2 fully saturated rings. The number of halogens is 1. The van der Waals surface area contributed by atoms with Gasteiger partial charge >= 0.3 is 0 Å².